The fraction of sp³-hybridized carbons (Fsp3) is 0.471. The number of aryl methyl sites for hydroxylation is 1. The van der Waals surface area contributed by atoms with Crippen molar-refractivity contribution in [1.29, 1.82) is 0 Å². The molecule has 0 amide bonds. The first-order chi connectivity index (χ1) is 9.45. The Labute approximate surface area is 126 Å². The van der Waals surface area contributed by atoms with Gasteiger partial charge in [0.2, 0.25) is 0 Å². The summed E-state index contributed by atoms with van der Waals surface area (Å²) in [5, 5.41) is 6.90. The van der Waals surface area contributed by atoms with Gasteiger partial charge in [0.1, 0.15) is 0 Å². The highest BCUT2D eigenvalue weighted by Gasteiger charge is 2.16. The van der Waals surface area contributed by atoms with Crippen LogP contribution < -0.4 is 5.32 Å². The second-order valence-electron chi connectivity index (χ2n) is 6.29. The van der Waals surface area contributed by atoms with Gasteiger partial charge in [-0.2, -0.15) is 0 Å². The molecule has 0 fully saturated rings. The molecule has 0 saturated heterocycles. The van der Waals surface area contributed by atoms with Gasteiger partial charge in [0.15, 0.2) is 0 Å². The van der Waals surface area contributed by atoms with Crippen LogP contribution in [-0.2, 0) is 18.4 Å². The Hall–Kier alpha value is -1.19. The second-order valence-corrected chi connectivity index (χ2v) is 7.23. The molecular formula is C17H24N2S. The molecule has 0 aliphatic rings. The van der Waals surface area contributed by atoms with Crippen molar-refractivity contribution < 1.29 is 0 Å². The molecule has 2 aromatic rings. The minimum Gasteiger partial charge on any atom is -0.312 e. The Morgan fingerprint density at radius 1 is 1.15 bits per heavy atom. The molecule has 1 aromatic heterocycles. The van der Waals surface area contributed by atoms with Crippen LogP contribution in [-0.4, -0.2) is 11.5 Å². The van der Waals surface area contributed by atoms with Crippen LogP contribution in [0.2, 0.25) is 0 Å². The summed E-state index contributed by atoms with van der Waals surface area (Å²) in [6.07, 6.45) is 1.01. The lowest BCUT2D eigenvalue weighted by Gasteiger charge is -2.14. The summed E-state index contributed by atoms with van der Waals surface area (Å²) in [6, 6.07) is 8.69. The van der Waals surface area contributed by atoms with Crippen molar-refractivity contribution in [3.63, 3.8) is 0 Å². The van der Waals surface area contributed by atoms with Crippen LogP contribution in [0.1, 0.15) is 42.6 Å². The molecule has 0 aliphatic carbocycles. The molecule has 2 nitrogen and oxygen atoms in total. The van der Waals surface area contributed by atoms with Crippen LogP contribution in [0.25, 0.3) is 0 Å². The maximum atomic E-state index is 4.72. The van der Waals surface area contributed by atoms with Gasteiger partial charge < -0.3 is 5.32 Å². The number of thiazole rings is 1. The first kappa shape index (κ1) is 15.2. The Kier molecular flexibility index (Phi) is 4.95. The smallest absolute Gasteiger partial charge is 0.0941 e. The lowest BCUT2D eigenvalue weighted by atomic mass is 9.93. The fourth-order valence-corrected chi connectivity index (χ4v) is 2.93. The molecule has 0 unspecified atom stereocenters. The van der Waals surface area contributed by atoms with E-state index in [0.717, 1.165) is 19.5 Å². The molecular weight excluding hydrogens is 264 g/mol. The average Bonchev–Trinajstić information content (AvgIpc) is 2.85. The standard InChI is InChI=1S/C17H24N2S/c1-13-5-7-14(8-6-13)11-18-10-9-16-19-15(12-20-16)17(2,3)4/h5-8,12,18H,9-11H2,1-4H3. The summed E-state index contributed by atoms with van der Waals surface area (Å²) in [5.74, 6) is 0. The van der Waals surface area contributed by atoms with E-state index in [9.17, 15) is 0 Å². The van der Waals surface area contributed by atoms with Crippen LogP contribution in [0.4, 0.5) is 0 Å². The van der Waals surface area contributed by atoms with Gasteiger partial charge >= 0.3 is 0 Å². The average molecular weight is 288 g/mol. The molecule has 3 heteroatoms. The van der Waals surface area contributed by atoms with E-state index in [1.165, 1.54) is 21.8 Å². The third-order valence-electron chi connectivity index (χ3n) is 3.29. The molecule has 1 N–H and O–H groups in total. The highest BCUT2D eigenvalue weighted by Crippen LogP contribution is 2.23. The topological polar surface area (TPSA) is 24.9 Å². The number of rotatable bonds is 5. The van der Waals surface area contributed by atoms with E-state index in [1.807, 2.05) is 0 Å². The molecule has 0 bridgehead atoms. The Bertz CT molecular complexity index is 535. The number of nitrogens with zero attached hydrogens (tertiary/aromatic N) is 1. The zero-order chi connectivity index (χ0) is 14.6. The molecule has 0 aliphatic heterocycles. The van der Waals surface area contributed by atoms with Gasteiger partial charge in [-0.25, -0.2) is 4.98 Å². The highest BCUT2D eigenvalue weighted by molar-refractivity contribution is 7.09. The largest absolute Gasteiger partial charge is 0.312 e. The quantitative estimate of drug-likeness (QED) is 0.839. The zero-order valence-electron chi connectivity index (χ0n) is 12.9. The van der Waals surface area contributed by atoms with Crippen molar-refractivity contribution in [1.82, 2.24) is 10.3 Å². The van der Waals surface area contributed by atoms with E-state index in [0.29, 0.717) is 0 Å². The summed E-state index contributed by atoms with van der Waals surface area (Å²) in [7, 11) is 0. The van der Waals surface area contributed by atoms with Crippen molar-refractivity contribution in [2.75, 3.05) is 6.54 Å². The van der Waals surface area contributed by atoms with Crippen LogP contribution in [0.5, 0.6) is 0 Å². The minimum atomic E-state index is 0.157. The predicted octanol–water partition coefficient (Wildman–Crippen LogP) is 4.08. The Balaban J connectivity index is 1.76. The van der Waals surface area contributed by atoms with Gasteiger partial charge in [-0.3, -0.25) is 0 Å². The van der Waals surface area contributed by atoms with Crippen molar-refractivity contribution >= 4 is 11.3 Å². The van der Waals surface area contributed by atoms with Crippen molar-refractivity contribution in [2.45, 2.75) is 46.1 Å². The van der Waals surface area contributed by atoms with Crippen LogP contribution in [0.3, 0.4) is 0 Å². The van der Waals surface area contributed by atoms with E-state index in [-0.39, 0.29) is 5.41 Å². The normalized spacial score (nSPS) is 11.8. The van der Waals surface area contributed by atoms with Crippen LogP contribution in [0, 0.1) is 6.92 Å². The molecule has 0 saturated carbocycles. The SMILES string of the molecule is Cc1ccc(CNCCc2nc(C(C)(C)C)cs2)cc1. The number of hydrogen-bond acceptors (Lipinski definition) is 3. The van der Waals surface area contributed by atoms with Crippen LogP contribution >= 0.6 is 11.3 Å². The minimum absolute atomic E-state index is 0.157. The Morgan fingerprint density at radius 3 is 2.45 bits per heavy atom. The summed E-state index contributed by atoms with van der Waals surface area (Å²) >= 11 is 1.77. The van der Waals surface area contributed by atoms with Gasteiger partial charge in [-0.15, -0.1) is 11.3 Å². The third kappa shape index (κ3) is 4.43. The summed E-state index contributed by atoms with van der Waals surface area (Å²) in [4.78, 5) is 4.72. The van der Waals surface area contributed by atoms with Crippen LogP contribution in [0.15, 0.2) is 29.6 Å². The molecule has 1 heterocycles. The summed E-state index contributed by atoms with van der Waals surface area (Å²) in [6.45, 7) is 10.7. The van der Waals surface area contributed by atoms with Gasteiger partial charge in [-0.05, 0) is 12.5 Å². The van der Waals surface area contributed by atoms with Gasteiger partial charge in [0.05, 0.1) is 10.7 Å². The van der Waals surface area contributed by atoms with E-state index >= 15 is 0 Å². The van der Waals surface area contributed by atoms with Crippen molar-refractivity contribution in [3.05, 3.63) is 51.5 Å². The first-order valence-corrected chi connectivity index (χ1v) is 8.04. The number of aromatic nitrogens is 1. The molecule has 0 spiro atoms. The lowest BCUT2D eigenvalue weighted by Crippen LogP contribution is -2.17. The predicted molar refractivity (Wildman–Crippen MR) is 87.4 cm³/mol. The van der Waals surface area contributed by atoms with E-state index in [4.69, 9.17) is 4.98 Å². The summed E-state index contributed by atoms with van der Waals surface area (Å²) in [5.41, 5.74) is 4.01. The first-order valence-electron chi connectivity index (χ1n) is 7.16. The monoisotopic (exact) mass is 288 g/mol. The lowest BCUT2D eigenvalue weighted by molar-refractivity contribution is 0.569. The Morgan fingerprint density at radius 2 is 1.85 bits per heavy atom. The highest BCUT2D eigenvalue weighted by atomic mass is 32.1. The molecule has 20 heavy (non-hydrogen) atoms. The van der Waals surface area contributed by atoms with E-state index < -0.39 is 0 Å². The molecule has 1 aromatic carbocycles. The van der Waals surface area contributed by atoms with Crippen molar-refractivity contribution in [3.8, 4) is 0 Å². The van der Waals surface area contributed by atoms with Gasteiger partial charge in [0, 0.05) is 30.3 Å². The number of benzene rings is 1. The molecule has 0 radical (unpaired) electrons. The maximum Gasteiger partial charge on any atom is 0.0941 e. The van der Waals surface area contributed by atoms with Gasteiger partial charge in [-0.1, -0.05) is 50.6 Å². The van der Waals surface area contributed by atoms with Crippen molar-refractivity contribution in [2.24, 2.45) is 0 Å². The number of nitrogens with one attached hydrogen (secondary N) is 1. The van der Waals surface area contributed by atoms with E-state index in [1.54, 1.807) is 11.3 Å². The fourth-order valence-electron chi connectivity index (χ4n) is 1.90. The number of hydrogen-bond donors (Lipinski definition) is 1. The summed E-state index contributed by atoms with van der Waals surface area (Å²) < 4.78 is 0. The molecule has 0 atom stereocenters. The van der Waals surface area contributed by atoms with Gasteiger partial charge in [0.25, 0.3) is 0 Å². The van der Waals surface area contributed by atoms with E-state index in [2.05, 4.69) is 62.7 Å². The second kappa shape index (κ2) is 6.51. The molecule has 108 valence electrons. The zero-order valence-corrected chi connectivity index (χ0v) is 13.7. The third-order valence-corrected chi connectivity index (χ3v) is 4.19. The molecule has 2 rings (SSSR count). The maximum absolute atomic E-state index is 4.72.